The van der Waals surface area contributed by atoms with E-state index in [4.69, 9.17) is 4.99 Å². The zero-order valence-corrected chi connectivity index (χ0v) is 16.9. The highest BCUT2D eigenvalue weighted by Crippen LogP contribution is 2.44. The fourth-order valence-corrected chi connectivity index (χ4v) is 5.12. The first-order valence-corrected chi connectivity index (χ1v) is 10.7. The van der Waals surface area contributed by atoms with E-state index in [-0.39, 0.29) is 17.0 Å². The summed E-state index contributed by atoms with van der Waals surface area (Å²) in [6, 6.07) is 7.85. The Morgan fingerprint density at radius 2 is 2.00 bits per heavy atom. The number of nitrogens with zero attached hydrogens (tertiary/aromatic N) is 3. The molecule has 1 aromatic carbocycles. The molecule has 3 heterocycles. The molecule has 2 N–H and O–H groups in total. The first-order valence-electron chi connectivity index (χ1n) is 9.87. The number of allylic oxidation sites excluding steroid dienone is 1. The highest BCUT2D eigenvalue weighted by Gasteiger charge is 2.35. The normalized spacial score (nSPS) is 22.9. The number of fused-ring (bicyclic) bond motifs is 3. The highest BCUT2D eigenvalue weighted by atomic mass is 32.2. The minimum absolute atomic E-state index is 0.0552. The maximum Gasteiger partial charge on any atom is 0.272 e. The standard InChI is InChI=1S/C22H22N4O2S/c1-13-2-6-15(7-3-13)26-12-24-19-18-17(25-14-4-8-16(27)9-5-14)10-11-23-21(18)29-20(19)22(26)28/h2-3,6-7,10-12,16,21,23,27H,4-5,8-9H2,1H3. The molecule has 1 aliphatic carbocycles. The average Bonchev–Trinajstić information content (AvgIpc) is 3.12. The van der Waals surface area contributed by atoms with Crippen molar-refractivity contribution in [3.05, 3.63) is 70.2 Å². The molecule has 1 aromatic heterocycles. The molecular formula is C22H22N4O2S. The highest BCUT2D eigenvalue weighted by molar-refractivity contribution is 8.00. The number of dihydropyridines is 1. The second-order valence-corrected chi connectivity index (χ2v) is 8.75. The van der Waals surface area contributed by atoms with E-state index in [0.29, 0.717) is 4.90 Å². The summed E-state index contributed by atoms with van der Waals surface area (Å²) < 4.78 is 1.60. The topological polar surface area (TPSA) is 79.5 Å². The second-order valence-electron chi connectivity index (χ2n) is 7.64. The van der Waals surface area contributed by atoms with Crippen molar-refractivity contribution in [1.82, 2.24) is 14.9 Å². The van der Waals surface area contributed by atoms with Crippen LogP contribution >= 0.6 is 11.8 Å². The minimum Gasteiger partial charge on any atom is -0.393 e. The fourth-order valence-electron chi connectivity index (χ4n) is 3.92. The van der Waals surface area contributed by atoms with Gasteiger partial charge in [0.05, 0.1) is 23.2 Å². The Hall–Kier alpha value is -2.64. The molecule has 7 heteroatoms. The third kappa shape index (κ3) is 3.34. The lowest BCUT2D eigenvalue weighted by Crippen LogP contribution is -2.23. The van der Waals surface area contributed by atoms with Crippen molar-refractivity contribution in [2.24, 2.45) is 4.99 Å². The first kappa shape index (κ1) is 18.4. The van der Waals surface area contributed by atoms with Gasteiger partial charge < -0.3 is 10.4 Å². The van der Waals surface area contributed by atoms with E-state index in [2.05, 4.69) is 10.3 Å². The third-order valence-corrected chi connectivity index (χ3v) is 6.78. The molecule has 1 atom stereocenters. The number of thioether (sulfide) groups is 1. The van der Waals surface area contributed by atoms with Crippen molar-refractivity contribution in [3.8, 4) is 5.69 Å². The molecule has 2 aromatic rings. The van der Waals surface area contributed by atoms with Gasteiger partial charge >= 0.3 is 0 Å². The number of rotatable bonds is 2. The van der Waals surface area contributed by atoms with Crippen LogP contribution in [0.25, 0.3) is 11.3 Å². The summed E-state index contributed by atoms with van der Waals surface area (Å²) in [5.41, 5.74) is 5.57. The predicted octanol–water partition coefficient (Wildman–Crippen LogP) is 3.18. The van der Waals surface area contributed by atoms with Gasteiger partial charge in [-0.1, -0.05) is 29.5 Å². The van der Waals surface area contributed by atoms with Crippen LogP contribution in [0.15, 0.2) is 63.2 Å². The Morgan fingerprint density at radius 3 is 2.76 bits per heavy atom. The van der Waals surface area contributed by atoms with Crippen molar-refractivity contribution < 1.29 is 5.11 Å². The van der Waals surface area contributed by atoms with Crippen LogP contribution < -0.4 is 10.9 Å². The summed E-state index contributed by atoms with van der Waals surface area (Å²) in [6.45, 7) is 2.02. The minimum atomic E-state index is -0.215. The summed E-state index contributed by atoms with van der Waals surface area (Å²) >= 11 is 1.50. The predicted molar refractivity (Wildman–Crippen MR) is 115 cm³/mol. The van der Waals surface area contributed by atoms with Crippen LogP contribution in [-0.4, -0.2) is 31.8 Å². The molecule has 1 fully saturated rings. The summed E-state index contributed by atoms with van der Waals surface area (Å²) in [5.74, 6) is 0. The zero-order chi connectivity index (χ0) is 20.0. The Morgan fingerprint density at radius 1 is 1.24 bits per heavy atom. The number of aliphatic hydroxyl groups is 1. The quantitative estimate of drug-likeness (QED) is 0.801. The van der Waals surface area contributed by atoms with Crippen LogP contribution in [0.2, 0.25) is 0 Å². The number of aromatic nitrogens is 2. The largest absolute Gasteiger partial charge is 0.393 e. The number of nitrogens with one attached hydrogen (secondary N) is 1. The number of aryl methyl sites for hydroxylation is 1. The van der Waals surface area contributed by atoms with Gasteiger partial charge in [0.15, 0.2) is 0 Å². The number of hydrogen-bond donors (Lipinski definition) is 2. The summed E-state index contributed by atoms with van der Waals surface area (Å²) in [5, 5.41) is 13.0. The molecule has 0 bridgehead atoms. The Balaban J connectivity index is 1.57. The van der Waals surface area contributed by atoms with Crippen molar-refractivity contribution in [2.75, 3.05) is 0 Å². The van der Waals surface area contributed by atoms with Crippen LogP contribution in [0.5, 0.6) is 0 Å². The summed E-state index contributed by atoms with van der Waals surface area (Å²) in [6.07, 6.45) is 8.39. The van der Waals surface area contributed by atoms with E-state index in [1.54, 1.807) is 10.9 Å². The third-order valence-electron chi connectivity index (χ3n) is 5.57. The molecule has 5 rings (SSSR count). The van der Waals surface area contributed by atoms with E-state index in [1.165, 1.54) is 11.8 Å². The molecule has 0 spiro atoms. The average molecular weight is 407 g/mol. The smallest absolute Gasteiger partial charge is 0.272 e. The summed E-state index contributed by atoms with van der Waals surface area (Å²) in [4.78, 5) is 23.4. The molecule has 0 radical (unpaired) electrons. The molecule has 6 nitrogen and oxygen atoms in total. The van der Waals surface area contributed by atoms with Crippen LogP contribution in [0.4, 0.5) is 0 Å². The van der Waals surface area contributed by atoms with E-state index in [1.807, 2.05) is 43.5 Å². The maximum atomic E-state index is 13.2. The maximum absolute atomic E-state index is 13.2. The van der Waals surface area contributed by atoms with Crippen molar-refractivity contribution in [3.63, 3.8) is 0 Å². The van der Waals surface area contributed by atoms with E-state index >= 15 is 0 Å². The van der Waals surface area contributed by atoms with Gasteiger partial charge in [-0.3, -0.25) is 14.4 Å². The molecule has 1 unspecified atom stereocenters. The van der Waals surface area contributed by atoms with Crippen molar-refractivity contribution in [1.29, 1.82) is 0 Å². The molecule has 1 saturated carbocycles. The molecule has 0 saturated heterocycles. The van der Waals surface area contributed by atoms with E-state index in [0.717, 1.165) is 59.6 Å². The molecular weight excluding hydrogens is 384 g/mol. The Bertz CT molecular complexity index is 1100. The molecule has 2 aliphatic heterocycles. The number of benzene rings is 1. The Labute approximate surface area is 173 Å². The lowest BCUT2D eigenvalue weighted by atomic mass is 9.95. The van der Waals surface area contributed by atoms with Gasteiger partial charge in [0.25, 0.3) is 5.56 Å². The van der Waals surface area contributed by atoms with Gasteiger partial charge in [-0.25, -0.2) is 4.98 Å². The first-order chi connectivity index (χ1) is 14.1. The van der Waals surface area contributed by atoms with Gasteiger partial charge in [0, 0.05) is 11.3 Å². The van der Waals surface area contributed by atoms with Crippen LogP contribution in [0.1, 0.15) is 36.9 Å². The second kappa shape index (κ2) is 7.31. The van der Waals surface area contributed by atoms with Gasteiger partial charge in [-0.05, 0) is 57.0 Å². The van der Waals surface area contributed by atoms with Gasteiger partial charge in [-0.15, -0.1) is 0 Å². The van der Waals surface area contributed by atoms with Gasteiger partial charge in [-0.2, -0.15) is 0 Å². The number of aliphatic imine (C=N–C) groups is 1. The SMILES string of the molecule is Cc1ccc(-n2cnc3c(c2=O)SC2NC=CC(N=C4CCC(O)CC4)=C32)cc1. The monoisotopic (exact) mass is 406 g/mol. The molecule has 0 amide bonds. The van der Waals surface area contributed by atoms with Crippen molar-refractivity contribution >= 4 is 23.0 Å². The van der Waals surface area contributed by atoms with Crippen molar-refractivity contribution in [2.45, 2.75) is 49.0 Å². The van der Waals surface area contributed by atoms with Crippen LogP contribution in [-0.2, 0) is 0 Å². The Kier molecular flexibility index (Phi) is 4.64. The fraction of sp³-hybridized carbons (Fsp3) is 0.318. The summed E-state index contributed by atoms with van der Waals surface area (Å²) in [7, 11) is 0. The molecule has 3 aliphatic rings. The van der Waals surface area contributed by atoms with Gasteiger partial charge in [0.2, 0.25) is 0 Å². The lowest BCUT2D eigenvalue weighted by Gasteiger charge is -2.21. The lowest BCUT2D eigenvalue weighted by molar-refractivity contribution is 0.152. The number of hydrogen-bond acceptors (Lipinski definition) is 6. The van der Waals surface area contributed by atoms with Crippen LogP contribution in [0.3, 0.4) is 0 Å². The van der Waals surface area contributed by atoms with Gasteiger partial charge in [0.1, 0.15) is 16.6 Å². The molecule has 148 valence electrons. The van der Waals surface area contributed by atoms with E-state index < -0.39 is 0 Å². The number of aliphatic hydroxyl groups excluding tert-OH is 1. The molecule has 29 heavy (non-hydrogen) atoms. The van der Waals surface area contributed by atoms with Crippen LogP contribution in [0, 0.1) is 6.92 Å². The zero-order valence-electron chi connectivity index (χ0n) is 16.1. The van der Waals surface area contributed by atoms with E-state index in [9.17, 15) is 9.90 Å².